The van der Waals surface area contributed by atoms with Crippen LogP contribution in [0.15, 0.2) is 55.1 Å². The van der Waals surface area contributed by atoms with Crippen molar-refractivity contribution in [3.63, 3.8) is 0 Å². The highest BCUT2D eigenvalue weighted by molar-refractivity contribution is 5.33. The van der Waals surface area contributed by atoms with Crippen molar-refractivity contribution in [3.05, 3.63) is 66.5 Å². The monoisotopic (exact) mass is 351 g/mol. The Morgan fingerprint density at radius 3 is 2.62 bits per heavy atom. The Kier molecular flexibility index (Phi) is 5.13. The van der Waals surface area contributed by atoms with Crippen LogP contribution in [0, 0.1) is 5.92 Å². The van der Waals surface area contributed by atoms with Crippen molar-refractivity contribution >= 4 is 0 Å². The fraction of sp³-hybridized carbons (Fsp3) is 0.400. The molecule has 0 aliphatic carbocycles. The second-order valence-corrected chi connectivity index (χ2v) is 6.82. The van der Waals surface area contributed by atoms with Gasteiger partial charge in [0.25, 0.3) is 0 Å². The number of nitrogens with one attached hydrogen (secondary N) is 1. The number of aromatic nitrogens is 4. The minimum absolute atomic E-state index is 0.240. The predicted molar refractivity (Wildman–Crippen MR) is 99.9 cm³/mol. The van der Waals surface area contributed by atoms with E-state index in [2.05, 4.69) is 51.3 Å². The van der Waals surface area contributed by atoms with Gasteiger partial charge in [-0.3, -0.25) is 0 Å². The molecule has 1 aromatic carbocycles. The number of aryl methyl sites for hydroxylation is 1. The van der Waals surface area contributed by atoms with Gasteiger partial charge >= 0.3 is 0 Å². The zero-order valence-corrected chi connectivity index (χ0v) is 15.1. The Morgan fingerprint density at radius 1 is 1.15 bits per heavy atom. The van der Waals surface area contributed by atoms with Gasteiger partial charge in [0, 0.05) is 51.6 Å². The average molecular weight is 351 g/mol. The fourth-order valence-electron chi connectivity index (χ4n) is 3.61. The van der Waals surface area contributed by atoms with Crippen molar-refractivity contribution in [2.24, 2.45) is 13.0 Å². The molecule has 1 fully saturated rings. The summed E-state index contributed by atoms with van der Waals surface area (Å²) in [5, 5.41) is 8.02. The molecule has 0 bridgehead atoms. The third kappa shape index (κ3) is 3.71. The van der Waals surface area contributed by atoms with Crippen molar-refractivity contribution in [2.45, 2.75) is 25.4 Å². The molecule has 1 unspecified atom stereocenters. The molecule has 1 aliphatic rings. The van der Waals surface area contributed by atoms with E-state index in [9.17, 15) is 0 Å². The van der Waals surface area contributed by atoms with Gasteiger partial charge in [-0.2, -0.15) is 5.10 Å². The zero-order valence-electron chi connectivity index (χ0n) is 15.1. The Bertz CT molecular complexity index is 803. The minimum Gasteiger partial charge on any atom is -0.381 e. The van der Waals surface area contributed by atoms with E-state index in [1.54, 1.807) is 6.20 Å². The van der Waals surface area contributed by atoms with Crippen LogP contribution < -0.4 is 5.32 Å². The summed E-state index contributed by atoms with van der Waals surface area (Å²) in [4.78, 5) is 4.60. The molecule has 2 aromatic heterocycles. The van der Waals surface area contributed by atoms with Crippen LogP contribution in [0.5, 0.6) is 0 Å². The van der Waals surface area contributed by atoms with Crippen LogP contribution in [-0.4, -0.2) is 32.5 Å². The van der Waals surface area contributed by atoms with Gasteiger partial charge in [0.15, 0.2) is 0 Å². The molecule has 3 heterocycles. The van der Waals surface area contributed by atoms with E-state index in [0.29, 0.717) is 5.92 Å². The maximum Gasteiger partial charge on any atom is 0.125 e. The average Bonchev–Trinajstić information content (AvgIpc) is 3.36. The third-order valence-corrected chi connectivity index (χ3v) is 5.11. The van der Waals surface area contributed by atoms with Crippen LogP contribution in [0.4, 0.5) is 0 Å². The Labute approximate surface area is 153 Å². The first kappa shape index (κ1) is 17.0. The van der Waals surface area contributed by atoms with E-state index in [0.717, 1.165) is 44.1 Å². The lowest BCUT2D eigenvalue weighted by Crippen LogP contribution is -2.33. The van der Waals surface area contributed by atoms with Gasteiger partial charge in [-0.15, -0.1) is 0 Å². The molecule has 0 saturated carbocycles. The van der Waals surface area contributed by atoms with Crippen LogP contribution in [-0.2, 0) is 18.3 Å². The van der Waals surface area contributed by atoms with Crippen molar-refractivity contribution in [2.75, 3.05) is 13.2 Å². The molecule has 1 aliphatic heterocycles. The van der Waals surface area contributed by atoms with Crippen molar-refractivity contribution < 1.29 is 4.74 Å². The summed E-state index contributed by atoms with van der Waals surface area (Å²) < 4.78 is 9.54. The number of imidazole rings is 1. The van der Waals surface area contributed by atoms with Crippen LogP contribution in [0.1, 0.15) is 30.3 Å². The number of hydrogen-bond donors (Lipinski definition) is 1. The molecule has 1 N–H and O–H groups in total. The van der Waals surface area contributed by atoms with Gasteiger partial charge in [-0.1, -0.05) is 12.1 Å². The van der Waals surface area contributed by atoms with Crippen LogP contribution in [0.3, 0.4) is 0 Å². The molecule has 6 heteroatoms. The van der Waals surface area contributed by atoms with Gasteiger partial charge in [-0.05, 0) is 42.5 Å². The normalized spacial score (nSPS) is 16.7. The smallest absolute Gasteiger partial charge is 0.125 e. The largest absolute Gasteiger partial charge is 0.381 e. The molecule has 3 aromatic rings. The minimum atomic E-state index is 0.240. The highest BCUT2D eigenvalue weighted by atomic mass is 16.5. The molecule has 0 amide bonds. The second-order valence-electron chi connectivity index (χ2n) is 6.82. The highest BCUT2D eigenvalue weighted by Crippen LogP contribution is 2.29. The van der Waals surface area contributed by atoms with Crippen molar-refractivity contribution in [1.82, 2.24) is 24.6 Å². The second kappa shape index (κ2) is 7.85. The number of rotatable bonds is 6. The molecule has 0 radical (unpaired) electrons. The summed E-state index contributed by atoms with van der Waals surface area (Å²) in [6.07, 6.45) is 9.78. The molecular weight excluding hydrogens is 326 g/mol. The van der Waals surface area contributed by atoms with Crippen LogP contribution in [0.2, 0.25) is 0 Å². The summed E-state index contributed by atoms with van der Waals surface area (Å²) in [5.74, 6) is 1.65. The number of ether oxygens (including phenoxy) is 1. The van der Waals surface area contributed by atoms with E-state index < -0.39 is 0 Å². The first-order chi connectivity index (χ1) is 12.8. The maximum atomic E-state index is 5.55. The van der Waals surface area contributed by atoms with Crippen molar-refractivity contribution in [3.8, 4) is 5.69 Å². The first-order valence-corrected chi connectivity index (χ1v) is 9.18. The molecule has 1 saturated heterocycles. The standard InChI is InChI=1S/C20H25N5O/c1-24-12-10-21-20(24)19(17-7-13-26-14-8-17)22-15-16-3-5-18(6-4-16)25-11-2-9-23-25/h2-6,9-12,17,19,22H,7-8,13-15H2,1H3. The zero-order chi connectivity index (χ0) is 17.8. The summed E-state index contributed by atoms with van der Waals surface area (Å²) in [6, 6.07) is 10.7. The third-order valence-electron chi connectivity index (χ3n) is 5.11. The van der Waals surface area contributed by atoms with E-state index in [4.69, 9.17) is 4.74 Å². The summed E-state index contributed by atoms with van der Waals surface area (Å²) >= 11 is 0. The van der Waals surface area contributed by atoms with Crippen molar-refractivity contribution in [1.29, 1.82) is 0 Å². The molecule has 0 spiro atoms. The Morgan fingerprint density at radius 2 is 1.96 bits per heavy atom. The SMILES string of the molecule is Cn1ccnc1C(NCc1ccc(-n2cccn2)cc1)C1CCOCC1. The Balaban J connectivity index is 1.46. The molecule has 4 rings (SSSR count). The topological polar surface area (TPSA) is 56.9 Å². The molecule has 136 valence electrons. The van der Waals surface area contributed by atoms with Gasteiger partial charge in [0.1, 0.15) is 5.82 Å². The van der Waals surface area contributed by atoms with E-state index in [1.165, 1.54) is 5.56 Å². The number of benzene rings is 1. The number of hydrogen-bond acceptors (Lipinski definition) is 4. The van der Waals surface area contributed by atoms with Gasteiger partial charge < -0.3 is 14.6 Å². The van der Waals surface area contributed by atoms with Crippen LogP contribution >= 0.6 is 0 Å². The van der Waals surface area contributed by atoms with Crippen LogP contribution in [0.25, 0.3) is 5.69 Å². The van der Waals surface area contributed by atoms with Gasteiger partial charge in [0.05, 0.1) is 11.7 Å². The molecule has 26 heavy (non-hydrogen) atoms. The lowest BCUT2D eigenvalue weighted by molar-refractivity contribution is 0.0518. The van der Waals surface area contributed by atoms with E-state index in [-0.39, 0.29) is 6.04 Å². The highest BCUT2D eigenvalue weighted by Gasteiger charge is 2.27. The summed E-state index contributed by atoms with van der Waals surface area (Å²) in [7, 11) is 2.06. The summed E-state index contributed by atoms with van der Waals surface area (Å²) in [5.41, 5.74) is 2.33. The van der Waals surface area contributed by atoms with Gasteiger partial charge in [0.2, 0.25) is 0 Å². The first-order valence-electron chi connectivity index (χ1n) is 9.18. The van der Waals surface area contributed by atoms with Gasteiger partial charge in [-0.25, -0.2) is 9.67 Å². The molecule has 6 nitrogen and oxygen atoms in total. The number of nitrogens with zero attached hydrogens (tertiary/aromatic N) is 4. The Hall–Kier alpha value is -2.44. The van der Waals surface area contributed by atoms with E-state index >= 15 is 0 Å². The molecular formula is C20H25N5O. The lowest BCUT2D eigenvalue weighted by Gasteiger charge is -2.30. The fourth-order valence-corrected chi connectivity index (χ4v) is 3.61. The van der Waals surface area contributed by atoms with E-state index in [1.807, 2.05) is 29.3 Å². The summed E-state index contributed by atoms with van der Waals surface area (Å²) in [6.45, 7) is 2.49. The predicted octanol–water partition coefficient (Wildman–Crippen LogP) is 2.86. The maximum absolute atomic E-state index is 5.55. The quantitative estimate of drug-likeness (QED) is 0.742. The lowest BCUT2D eigenvalue weighted by atomic mass is 9.91. The molecule has 1 atom stereocenters.